The molecule has 3 aromatic carbocycles. The fourth-order valence-electron chi connectivity index (χ4n) is 3.38. The summed E-state index contributed by atoms with van der Waals surface area (Å²) < 4.78 is 28.0. The summed E-state index contributed by atoms with van der Waals surface area (Å²) in [7, 11) is 0. The van der Waals surface area contributed by atoms with Crippen molar-refractivity contribution in [3.63, 3.8) is 0 Å². The van der Waals surface area contributed by atoms with Crippen LogP contribution in [0.4, 0.5) is 25.0 Å². The topological polar surface area (TPSA) is 79.2 Å². The Bertz CT molecular complexity index is 1340. The van der Waals surface area contributed by atoms with Gasteiger partial charge in [-0.25, -0.2) is 13.6 Å². The molecule has 4 rings (SSSR count). The number of nitrogens with one attached hydrogen (secondary N) is 1. The Balaban J connectivity index is 2.15. The van der Waals surface area contributed by atoms with E-state index in [2.05, 4.69) is 4.98 Å². The quantitative estimate of drug-likeness (QED) is 0.464. The Labute approximate surface area is 174 Å². The molecule has 150 valence electrons. The van der Waals surface area contributed by atoms with Gasteiger partial charge in [-0.15, -0.1) is 0 Å². The van der Waals surface area contributed by atoms with E-state index in [9.17, 15) is 18.4 Å². The summed E-state index contributed by atoms with van der Waals surface area (Å²) in [6, 6.07) is 15.2. The van der Waals surface area contributed by atoms with E-state index in [-0.39, 0.29) is 11.4 Å². The van der Waals surface area contributed by atoms with Crippen LogP contribution in [0.25, 0.3) is 22.0 Å². The fraction of sp³-hybridized carbons (Fsp3) is 0. The van der Waals surface area contributed by atoms with Crippen LogP contribution >= 0.6 is 11.6 Å². The van der Waals surface area contributed by atoms with Crippen molar-refractivity contribution < 1.29 is 13.6 Å². The van der Waals surface area contributed by atoms with Gasteiger partial charge in [0.05, 0.1) is 5.69 Å². The van der Waals surface area contributed by atoms with E-state index in [1.165, 1.54) is 0 Å². The van der Waals surface area contributed by atoms with Gasteiger partial charge in [0.15, 0.2) is 0 Å². The molecule has 0 fully saturated rings. The predicted molar refractivity (Wildman–Crippen MR) is 113 cm³/mol. The molecule has 0 bridgehead atoms. The second kappa shape index (κ2) is 7.61. The Kier molecular flexibility index (Phi) is 4.97. The molecule has 0 aliphatic carbocycles. The molecule has 4 aromatic rings. The molecular formula is C22H14ClF2N3O2. The number of hydrogen-bond donors (Lipinski definition) is 2. The molecule has 8 heteroatoms. The third kappa shape index (κ3) is 3.40. The highest BCUT2D eigenvalue weighted by molar-refractivity contribution is 6.31. The zero-order chi connectivity index (χ0) is 21.4. The maximum absolute atomic E-state index is 14.6. The number of hydrogen-bond acceptors (Lipinski definition) is 2. The summed E-state index contributed by atoms with van der Waals surface area (Å²) >= 11 is 6.17. The second-order valence-electron chi connectivity index (χ2n) is 6.50. The standard InChI is InChI=1S/C22H14ClF2N3O2/c23-13-6-8-17-15(10-13)19(12-4-2-1-3-5-12)20(21(29)27-17)28(22(26)30)18-9-7-14(24)11-16(18)25/h1-11H,(H2,26,30)(H,27,29). The van der Waals surface area contributed by atoms with Crippen molar-refractivity contribution in [3.8, 4) is 11.1 Å². The first-order valence-electron chi connectivity index (χ1n) is 8.82. The van der Waals surface area contributed by atoms with E-state index in [1.807, 2.05) is 0 Å². The lowest BCUT2D eigenvalue weighted by molar-refractivity contribution is 0.256. The predicted octanol–water partition coefficient (Wildman–Crippen LogP) is 5.34. The molecule has 3 N–H and O–H groups in total. The van der Waals surface area contributed by atoms with E-state index < -0.39 is 23.2 Å². The van der Waals surface area contributed by atoms with Crippen molar-refractivity contribution in [2.45, 2.75) is 0 Å². The first-order chi connectivity index (χ1) is 14.4. The minimum absolute atomic E-state index is 0.200. The molecule has 0 spiro atoms. The average molecular weight is 426 g/mol. The number of benzene rings is 3. The Hall–Kier alpha value is -3.71. The highest BCUT2D eigenvalue weighted by Crippen LogP contribution is 2.38. The highest BCUT2D eigenvalue weighted by Gasteiger charge is 2.27. The monoisotopic (exact) mass is 425 g/mol. The van der Waals surface area contributed by atoms with Gasteiger partial charge in [0.25, 0.3) is 5.56 Å². The number of carbonyl (C=O) groups is 1. The Morgan fingerprint density at radius 1 is 1.00 bits per heavy atom. The molecule has 30 heavy (non-hydrogen) atoms. The average Bonchev–Trinajstić information content (AvgIpc) is 2.71. The fourth-order valence-corrected chi connectivity index (χ4v) is 3.55. The van der Waals surface area contributed by atoms with Crippen LogP contribution in [-0.4, -0.2) is 11.0 Å². The number of rotatable bonds is 3. The minimum Gasteiger partial charge on any atom is -0.351 e. The molecule has 0 aliphatic rings. The zero-order valence-corrected chi connectivity index (χ0v) is 16.1. The first-order valence-corrected chi connectivity index (χ1v) is 9.20. The zero-order valence-electron chi connectivity index (χ0n) is 15.3. The summed E-state index contributed by atoms with van der Waals surface area (Å²) in [5, 5.41) is 0.924. The Morgan fingerprint density at radius 2 is 1.73 bits per heavy atom. The van der Waals surface area contributed by atoms with Gasteiger partial charge < -0.3 is 10.7 Å². The highest BCUT2D eigenvalue weighted by atomic mass is 35.5. The molecule has 0 aliphatic heterocycles. The number of aromatic amines is 1. The number of H-pyrrole nitrogens is 1. The first kappa shape index (κ1) is 19.6. The SMILES string of the molecule is NC(=O)N(c1ccc(F)cc1F)c1c(-c2ccccc2)c2cc(Cl)ccc2[nH]c1=O. The van der Waals surface area contributed by atoms with Crippen molar-refractivity contribution in [2.24, 2.45) is 5.73 Å². The van der Waals surface area contributed by atoms with Crippen LogP contribution < -0.4 is 16.2 Å². The van der Waals surface area contributed by atoms with Gasteiger partial charge >= 0.3 is 6.03 Å². The van der Waals surface area contributed by atoms with Gasteiger partial charge in [-0.3, -0.25) is 9.69 Å². The molecular weight excluding hydrogens is 412 g/mol. The lowest BCUT2D eigenvalue weighted by Gasteiger charge is -2.24. The van der Waals surface area contributed by atoms with Crippen molar-refractivity contribution in [1.82, 2.24) is 4.98 Å². The number of carbonyl (C=O) groups excluding carboxylic acids is 1. The van der Waals surface area contributed by atoms with Crippen LogP contribution in [0.2, 0.25) is 5.02 Å². The number of aromatic nitrogens is 1. The summed E-state index contributed by atoms with van der Waals surface area (Å²) in [4.78, 5) is 28.9. The van der Waals surface area contributed by atoms with Crippen molar-refractivity contribution in [1.29, 1.82) is 0 Å². The molecule has 0 saturated heterocycles. The van der Waals surface area contributed by atoms with E-state index in [1.54, 1.807) is 48.5 Å². The number of primary amides is 1. The number of urea groups is 1. The van der Waals surface area contributed by atoms with E-state index in [0.29, 0.717) is 33.1 Å². The van der Waals surface area contributed by atoms with Crippen LogP contribution in [-0.2, 0) is 0 Å². The maximum atomic E-state index is 14.6. The number of anilines is 2. The molecule has 2 amide bonds. The molecule has 1 aromatic heterocycles. The lowest BCUT2D eigenvalue weighted by Crippen LogP contribution is -2.36. The molecule has 0 atom stereocenters. The molecule has 1 heterocycles. The number of pyridine rings is 1. The maximum Gasteiger partial charge on any atom is 0.324 e. The van der Waals surface area contributed by atoms with Crippen molar-refractivity contribution in [2.75, 3.05) is 4.90 Å². The van der Waals surface area contributed by atoms with Crippen molar-refractivity contribution >= 4 is 39.9 Å². The molecule has 0 radical (unpaired) electrons. The summed E-state index contributed by atoms with van der Waals surface area (Å²) in [6.07, 6.45) is 0. The third-order valence-corrected chi connectivity index (χ3v) is 4.84. The summed E-state index contributed by atoms with van der Waals surface area (Å²) in [5.74, 6) is -1.87. The van der Waals surface area contributed by atoms with Crippen LogP contribution in [0.1, 0.15) is 0 Å². The van der Waals surface area contributed by atoms with Gasteiger partial charge in [0.1, 0.15) is 17.3 Å². The van der Waals surface area contributed by atoms with E-state index in [0.717, 1.165) is 17.0 Å². The number of nitrogens with two attached hydrogens (primary N) is 1. The third-order valence-electron chi connectivity index (χ3n) is 4.61. The number of amides is 2. The van der Waals surface area contributed by atoms with Crippen LogP contribution in [0, 0.1) is 11.6 Å². The number of fused-ring (bicyclic) bond motifs is 1. The number of nitrogens with zero attached hydrogens (tertiary/aromatic N) is 1. The van der Waals surface area contributed by atoms with Gasteiger partial charge in [0, 0.05) is 27.6 Å². The van der Waals surface area contributed by atoms with Crippen LogP contribution in [0.5, 0.6) is 0 Å². The van der Waals surface area contributed by atoms with E-state index >= 15 is 0 Å². The van der Waals surface area contributed by atoms with Crippen LogP contribution in [0.15, 0.2) is 71.5 Å². The smallest absolute Gasteiger partial charge is 0.324 e. The van der Waals surface area contributed by atoms with Gasteiger partial charge in [0.2, 0.25) is 0 Å². The molecule has 0 unspecified atom stereocenters. The molecule has 5 nitrogen and oxygen atoms in total. The van der Waals surface area contributed by atoms with Crippen molar-refractivity contribution in [3.05, 3.63) is 93.7 Å². The second-order valence-corrected chi connectivity index (χ2v) is 6.94. The van der Waals surface area contributed by atoms with E-state index in [4.69, 9.17) is 17.3 Å². The normalized spacial score (nSPS) is 10.9. The van der Waals surface area contributed by atoms with Gasteiger partial charge in [-0.05, 0) is 35.9 Å². The number of halogens is 3. The minimum atomic E-state index is -1.11. The summed E-state index contributed by atoms with van der Waals surface area (Å²) in [6.45, 7) is 0. The summed E-state index contributed by atoms with van der Waals surface area (Å²) in [5.41, 5.74) is 5.70. The largest absolute Gasteiger partial charge is 0.351 e. The molecule has 0 saturated carbocycles. The van der Waals surface area contributed by atoms with Crippen LogP contribution in [0.3, 0.4) is 0 Å². The Morgan fingerprint density at radius 3 is 2.40 bits per heavy atom. The van der Waals surface area contributed by atoms with Gasteiger partial charge in [-0.2, -0.15) is 0 Å². The lowest BCUT2D eigenvalue weighted by atomic mass is 9.98. The van der Waals surface area contributed by atoms with Gasteiger partial charge in [-0.1, -0.05) is 41.9 Å².